The van der Waals surface area contributed by atoms with E-state index in [1.165, 1.54) is 0 Å². The van der Waals surface area contributed by atoms with E-state index < -0.39 is 22.7 Å². The summed E-state index contributed by atoms with van der Waals surface area (Å²) in [7, 11) is 0. The Morgan fingerprint density at radius 3 is 2.31 bits per heavy atom. The number of aliphatic hydroxyl groups excluding tert-OH is 2. The minimum Gasteiger partial charge on any atom is -0.396 e. The number of carbonyl (C=O) groups is 1. The number of carbonyl (C=O) groups excluding carboxylic acids is 1. The van der Waals surface area contributed by atoms with Crippen LogP contribution >= 0.6 is 0 Å². The maximum atomic E-state index is 13.6. The van der Waals surface area contributed by atoms with Crippen molar-refractivity contribution in [2.45, 2.75) is 111 Å². The van der Waals surface area contributed by atoms with E-state index >= 15 is 0 Å². The SMILES string of the molecule is CC(/C=C/[C@@H]1[C@@H](C(C)(C)O)CC[C@@]1(C)O)=C1\C(=O)C[C@H]2[C@@]3(C)CC[C@H](O)[C@](C)(CO)C3CC[C@]12C. The standard InChI is InChI=1S/C30H48O5/c1-18(8-9-20-19(26(2,3)34)10-15-30(20,7)35)25-21(32)16-23-27(4)14-12-24(33)29(6,17-31)22(27)11-13-28(23,25)5/h8-9,19-20,22-24,31,33-35H,10-17H2,1-7H3/b9-8+,25-18-/t19-,20+,22?,23-,24-,27-,28-,29+,30+/m0/s1. The van der Waals surface area contributed by atoms with E-state index in [-0.39, 0.29) is 46.9 Å². The number of fused-ring (bicyclic) bond motifs is 3. The fraction of sp³-hybridized carbons (Fsp3) is 0.833. The number of rotatable bonds is 4. The number of ketones is 1. The van der Waals surface area contributed by atoms with Crippen LogP contribution in [0.4, 0.5) is 0 Å². The van der Waals surface area contributed by atoms with E-state index in [1.54, 1.807) is 0 Å². The van der Waals surface area contributed by atoms with Gasteiger partial charge in [-0.1, -0.05) is 32.9 Å². The van der Waals surface area contributed by atoms with E-state index in [9.17, 15) is 25.2 Å². The highest BCUT2D eigenvalue weighted by Gasteiger charge is 2.65. The molecular weight excluding hydrogens is 440 g/mol. The minimum absolute atomic E-state index is 0.0278. The van der Waals surface area contributed by atoms with Gasteiger partial charge >= 0.3 is 0 Å². The van der Waals surface area contributed by atoms with Crippen LogP contribution in [0, 0.1) is 39.9 Å². The minimum atomic E-state index is -0.880. The summed E-state index contributed by atoms with van der Waals surface area (Å²) in [6.07, 6.45) is 8.82. The highest BCUT2D eigenvalue weighted by atomic mass is 16.3. The van der Waals surface area contributed by atoms with Gasteiger partial charge in [0.2, 0.25) is 0 Å². The van der Waals surface area contributed by atoms with Crippen LogP contribution in [-0.4, -0.2) is 50.1 Å². The molecule has 5 nitrogen and oxygen atoms in total. The molecule has 0 aromatic heterocycles. The Bertz CT molecular complexity index is 926. The van der Waals surface area contributed by atoms with Crippen LogP contribution in [0.25, 0.3) is 0 Å². The average molecular weight is 489 g/mol. The van der Waals surface area contributed by atoms with E-state index in [1.807, 2.05) is 46.8 Å². The lowest BCUT2D eigenvalue weighted by atomic mass is 9.43. The van der Waals surface area contributed by atoms with Gasteiger partial charge in [-0.2, -0.15) is 0 Å². The lowest BCUT2D eigenvalue weighted by Gasteiger charge is -2.62. The van der Waals surface area contributed by atoms with Gasteiger partial charge in [0.1, 0.15) is 0 Å². The predicted molar refractivity (Wildman–Crippen MR) is 137 cm³/mol. The van der Waals surface area contributed by atoms with Crippen LogP contribution in [0.5, 0.6) is 0 Å². The van der Waals surface area contributed by atoms with Crippen LogP contribution < -0.4 is 0 Å². The fourth-order valence-electron chi connectivity index (χ4n) is 9.30. The smallest absolute Gasteiger partial charge is 0.160 e. The van der Waals surface area contributed by atoms with Crippen molar-refractivity contribution in [1.29, 1.82) is 0 Å². The summed E-state index contributed by atoms with van der Waals surface area (Å²) in [5, 5.41) is 42.8. The normalized spacial score (nSPS) is 49.9. The van der Waals surface area contributed by atoms with Crippen LogP contribution in [-0.2, 0) is 4.79 Å². The molecule has 0 bridgehead atoms. The summed E-state index contributed by atoms with van der Waals surface area (Å²) in [6.45, 7) is 14.1. The first-order chi connectivity index (χ1) is 16.0. The van der Waals surface area contributed by atoms with Crippen molar-refractivity contribution in [2.24, 2.45) is 39.9 Å². The maximum absolute atomic E-state index is 13.6. The Morgan fingerprint density at radius 1 is 1.06 bits per heavy atom. The molecule has 0 aromatic rings. The average Bonchev–Trinajstić information content (AvgIpc) is 3.21. The summed E-state index contributed by atoms with van der Waals surface area (Å²) in [6, 6.07) is 0. The molecule has 0 spiro atoms. The molecule has 4 fully saturated rings. The number of Topliss-reactive ketones (excluding diaryl/α,β-unsaturated/α-hetero) is 1. The van der Waals surface area contributed by atoms with Crippen LogP contribution in [0.2, 0.25) is 0 Å². The molecule has 0 heterocycles. The Kier molecular flexibility index (Phi) is 6.57. The van der Waals surface area contributed by atoms with Crippen LogP contribution in [0.15, 0.2) is 23.3 Å². The monoisotopic (exact) mass is 488 g/mol. The number of hydrogen-bond acceptors (Lipinski definition) is 5. The van der Waals surface area contributed by atoms with Gasteiger partial charge in [-0.15, -0.1) is 0 Å². The first kappa shape index (κ1) is 27.0. The Hall–Kier alpha value is -1.01. The summed E-state index contributed by atoms with van der Waals surface area (Å²) >= 11 is 0. The second-order valence-electron chi connectivity index (χ2n) is 14.0. The molecule has 0 aromatic carbocycles. The largest absolute Gasteiger partial charge is 0.396 e. The molecule has 4 aliphatic carbocycles. The molecule has 198 valence electrons. The molecule has 4 rings (SSSR count). The second kappa shape index (κ2) is 8.51. The van der Waals surface area contributed by atoms with Gasteiger partial charge in [0.15, 0.2) is 5.78 Å². The molecule has 4 N–H and O–H groups in total. The lowest BCUT2D eigenvalue weighted by molar-refractivity contribution is -0.178. The van der Waals surface area contributed by atoms with Gasteiger partial charge in [-0.25, -0.2) is 0 Å². The third-order valence-corrected chi connectivity index (χ3v) is 11.4. The Labute approximate surface area is 211 Å². The van der Waals surface area contributed by atoms with Crippen molar-refractivity contribution >= 4 is 5.78 Å². The van der Waals surface area contributed by atoms with E-state index in [0.717, 1.165) is 36.8 Å². The molecule has 0 aliphatic heterocycles. The van der Waals surface area contributed by atoms with E-state index in [2.05, 4.69) is 13.8 Å². The second-order valence-corrected chi connectivity index (χ2v) is 14.0. The van der Waals surface area contributed by atoms with E-state index in [4.69, 9.17) is 0 Å². The summed E-state index contributed by atoms with van der Waals surface area (Å²) in [4.78, 5) is 13.6. The number of aliphatic hydroxyl groups is 4. The fourth-order valence-corrected chi connectivity index (χ4v) is 9.30. The molecular formula is C30H48O5. The molecule has 0 radical (unpaired) electrons. The van der Waals surface area contributed by atoms with E-state index in [0.29, 0.717) is 19.3 Å². The summed E-state index contributed by atoms with van der Waals surface area (Å²) in [5.41, 5.74) is -0.724. The van der Waals surface area contributed by atoms with Crippen LogP contribution in [0.1, 0.15) is 93.4 Å². The highest BCUT2D eigenvalue weighted by molar-refractivity contribution is 6.00. The van der Waals surface area contributed by atoms with Crippen molar-refractivity contribution in [3.63, 3.8) is 0 Å². The van der Waals surface area contributed by atoms with Gasteiger partial charge in [0.25, 0.3) is 0 Å². The van der Waals surface area contributed by atoms with Gasteiger partial charge in [-0.3, -0.25) is 4.79 Å². The molecule has 9 atom stereocenters. The molecule has 35 heavy (non-hydrogen) atoms. The number of allylic oxidation sites excluding steroid dienone is 3. The van der Waals surface area contributed by atoms with Crippen molar-refractivity contribution in [2.75, 3.05) is 6.61 Å². The first-order valence-electron chi connectivity index (χ1n) is 13.7. The third-order valence-electron chi connectivity index (χ3n) is 11.4. The van der Waals surface area contributed by atoms with Gasteiger partial charge in [-0.05, 0) is 95.0 Å². The topological polar surface area (TPSA) is 98.0 Å². The van der Waals surface area contributed by atoms with Crippen molar-refractivity contribution < 1.29 is 25.2 Å². The number of hydrogen-bond donors (Lipinski definition) is 4. The lowest BCUT2D eigenvalue weighted by Crippen LogP contribution is -2.59. The molecule has 4 saturated carbocycles. The van der Waals surface area contributed by atoms with Crippen molar-refractivity contribution in [3.8, 4) is 0 Å². The zero-order valence-electron chi connectivity index (χ0n) is 22.9. The quantitative estimate of drug-likeness (QED) is 0.435. The zero-order valence-corrected chi connectivity index (χ0v) is 22.9. The molecule has 0 saturated heterocycles. The van der Waals surface area contributed by atoms with Crippen molar-refractivity contribution in [3.05, 3.63) is 23.3 Å². The molecule has 4 aliphatic rings. The molecule has 5 heteroatoms. The highest BCUT2D eigenvalue weighted by Crippen LogP contribution is 2.69. The van der Waals surface area contributed by atoms with Gasteiger partial charge in [0, 0.05) is 28.7 Å². The third kappa shape index (κ3) is 4.00. The van der Waals surface area contributed by atoms with Gasteiger partial charge < -0.3 is 20.4 Å². The molecule has 1 unspecified atom stereocenters. The summed E-state index contributed by atoms with van der Waals surface area (Å²) < 4.78 is 0. The zero-order chi connectivity index (χ0) is 26.2. The first-order valence-corrected chi connectivity index (χ1v) is 13.7. The Balaban J connectivity index is 1.69. The van der Waals surface area contributed by atoms with Gasteiger partial charge in [0.05, 0.1) is 23.9 Å². The van der Waals surface area contributed by atoms with Crippen LogP contribution in [0.3, 0.4) is 0 Å². The van der Waals surface area contributed by atoms with Crippen molar-refractivity contribution in [1.82, 2.24) is 0 Å². The predicted octanol–water partition coefficient (Wildman–Crippen LogP) is 4.57. The summed E-state index contributed by atoms with van der Waals surface area (Å²) in [5.74, 6) is 0.392. The Morgan fingerprint density at radius 2 is 1.71 bits per heavy atom. The maximum Gasteiger partial charge on any atom is 0.160 e. The molecule has 0 amide bonds.